The second-order valence-corrected chi connectivity index (χ2v) is 5.63. The van der Waals surface area contributed by atoms with Crippen molar-refractivity contribution in [2.75, 3.05) is 13.2 Å². The van der Waals surface area contributed by atoms with Crippen molar-refractivity contribution in [2.45, 2.75) is 39.7 Å². The minimum absolute atomic E-state index is 0.140. The summed E-state index contributed by atoms with van der Waals surface area (Å²) in [6.07, 6.45) is 2.34. The molecule has 0 saturated heterocycles. The zero-order chi connectivity index (χ0) is 14.3. The molecule has 1 unspecified atom stereocenters. The average Bonchev–Trinajstić information content (AvgIpc) is 2.35. The van der Waals surface area contributed by atoms with Gasteiger partial charge in [0.15, 0.2) is 11.6 Å². The molecule has 0 aromatic heterocycles. The lowest BCUT2D eigenvalue weighted by atomic mass is 10.0. The molecule has 0 bridgehead atoms. The van der Waals surface area contributed by atoms with E-state index in [2.05, 4.69) is 26.1 Å². The summed E-state index contributed by atoms with van der Waals surface area (Å²) in [5, 5.41) is 3.67. The van der Waals surface area contributed by atoms with E-state index in [0.717, 1.165) is 12.3 Å². The highest BCUT2D eigenvalue weighted by molar-refractivity contribution is 6.32. The van der Waals surface area contributed by atoms with Gasteiger partial charge in [-0.25, -0.2) is 4.39 Å². The third-order valence-corrected chi connectivity index (χ3v) is 3.23. The first-order valence-corrected chi connectivity index (χ1v) is 7.18. The van der Waals surface area contributed by atoms with Crippen molar-refractivity contribution < 1.29 is 9.13 Å². The number of hydrogen-bond donors (Lipinski definition) is 1. The lowest BCUT2D eigenvalue weighted by molar-refractivity contribution is 0.290. The molecule has 0 amide bonds. The fraction of sp³-hybridized carbons (Fsp3) is 0.600. The first-order chi connectivity index (χ1) is 9.00. The minimum atomic E-state index is -0.416. The van der Waals surface area contributed by atoms with Crippen LogP contribution in [-0.2, 0) is 0 Å². The second kappa shape index (κ2) is 8.39. The number of benzene rings is 1. The van der Waals surface area contributed by atoms with Crippen LogP contribution in [0.1, 0.15) is 33.6 Å². The van der Waals surface area contributed by atoms with Crippen molar-refractivity contribution >= 4 is 11.6 Å². The van der Waals surface area contributed by atoms with Gasteiger partial charge in [-0.05, 0) is 37.8 Å². The van der Waals surface area contributed by atoms with Gasteiger partial charge in [-0.2, -0.15) is 0 Å². The Bertz CT molecular complexity index is 364. The molecule has 0 aliphatic rings. The van der Waals surface area contributed by atoms with Crippen LogP contribution in [0.25, 0.3) is 0 Å². The summed E-state index contributed by atoms with van der Waals surface area (Å²) in [6.45, 7) is 7.68. The fourth-order valence-corrected chi connectivity index (χ4v) is 1.98. The summed E-state index contributed by atoms with van der Waals surface area (Å²) < 4.78 is 18.8. The van der Waals surface area contributed by atoms with E-state index < -0.39 is 5.82 Å². The maximum atomic E-state index is 13.4. The van der Waals surface area contributed by atoms with Crippen molar-refractivity contribution in [1.82, 2.24) is 5.32 Å². The molecule has 0 heterocycles. The SMILES string of the molecule is CC(C)CCC(C)NCCOc1c(F)cccc1Cl. The summed E-state index contributed by atoms with van der Waals surface area (Å²) in [5.74, 6) is 0.443. The first kappa shape index (κ1) is 16.3. The predicted molar refractivity (Wildman–Crippen MR) is 78.4 cm³/mol. The molecule has 1 aromatic carbocycles. The van der Waals surface area contributed by atoms with Crippen LogP contribution in [0.5, 0.6) is 5.75 Å². The quantitative estimate of drug-likeness (QED) is 0.721. The average molecular weight is 288 g/mol. The summed E-state index contributed by atoms with van der Waals surface area (Å²) in [7, 11) is 0. The standard InChI is InChI=1S/C15H23ClFNO/c1-11(2)7-8-12(3)18-9-10-19-15-13(16)5-4-6-14(15)17/h4-6,11-12,18H,7-10H2,1-3H3. The Morgan fingerprint density at radius 3 is 2.63 bits per heavy atom. The molecule has 108 valence electrons. The molecule has 1 aromatic rings. The highest BCUT2D eigenvalue weighted by atomic mass is 35.5. The molecule has 1 N–H and O–H groups in total. The van der Waals surface area contributed by atoms with Crippen LogP contribution in [-0.4, -0.2) is 19.2 Å². The van der Waals surface area contributed by atoms with E-state index in [0.29, 0.717) is 24.2 Å². The third kappa shape index (κ3) is 6.26. The van der Waals surface area contributed by atoms with Gasteiger partial charge in [-0.1, -0.05) is 31.5 Å². The molecule has 0 fully saturated rings. The number of para-hydroxylation sites is 1. The van der Waals surface area contributed by atoms with Crippen LogP contribution in [0, 0.1) is 11.7 Å². The topological polar surface area (TPSA) is 21.3 Å². The Hall–Kier alpha value is -0.800. The highest BCUT2D eigenvalue weighted by Crippen LogP contribution is 2.26. The van der Waals surface area contributed by atoms with E-state index in [-0.39, 0.29) is 5.75 Å². The van der Waals surface area contributed by atoms with Crippen LogP contribution in [0.3, 0.4) is 0 Å². The number of ether oxygens (including phenoxy) is 1. The van der Waals surface area contributed by atoms with Gasteiger partial charge >= 0.3 is 0 Å². The maximum Gasteiger partial charge on any atom is 0.173 e. The molecule has 1 rings (SSSR count). The molecule has 0 saturated carbocycles. The van der Waals surface area contributed by atoms with Crippen LogP contribution >= 0.6 is 11.6 Å². The molecule has 2 nitrogen and oxygen atoms in total. The van der Waals surface area contributed by atoms with Gasteiger partial charge in [0.1, 0.15) is 6.61 Å². The number of halogens is 2. The minimum Gasteiger partial charge on any atom is -0.488 e. The van der Waals surface area contributed by atoms with E-state index in [1.165, 1.54) is 12.5 Å². The lowest BCUT2D eigenvalue weighted by Crippen LogP contribution is -2.30. The summed E-state index contributed by atoms with van der Waals surface area (Å²) in [5.41, 5.74) is 0. The Morgan fingerprint density at radius 1 is 1.26 bits per heavy atom. The van der Waals surface area contributed by atoms with Gasteiger partial charge in [0.05, 0.1) is 5.02 Å². The maximum absolute atomic E-state index is 13.4. The zero-order valence-corrected chi connectivity index (χ0v) is 12.6. The van der Waals surface area contributed by atoms with Gasteiger partial charge in [-0.15, -0.1) is 0 Å². The first-order valence-electron chi connectivity index (χ1n) is 6.81. The summed E-state index contributed by atoms with van der Waals surface area (Å²) in [6, 6.07) is 4.98. The molecule has 0 aliphatic carbocycles. The number of hydrogen-bond acceptors (Lipinski definition) is 2. The van der Waals surface area contributed by atoms with Gasteiger partial charge in [-0.3, -0.25) is 0 Å². The Morgan fingerprint density at radius 2 is 2.00 bits per heavy atom. The van der Waals surface area contributed by atoms with Crippen molar-refractivity contribution in [3.63, 3.8) is 0 Å². The molecular weight excluding hydrogens is 265 g/mol. The fourth-order valence-electron chi connectivity index (χ4n) is 1.76. The van der Waals surface area contributed by atoms with Crippen molar-refractivity contribution in [3.05, 3.63) is 29.0 Å². The molecule has 0 radical (unpaired) electrons. The smallest absolute Gasteiger partial charge is 0.173 e. The van der Waals surface area contributed by atoms with E-state index in [9.17, 15) is 4.39 Å². The molecule has 19 heavy (non-hydrogen) atoms. The van der Waals surface area contributed by atoms with Crippen LogP contribution in [0.4, 0.5) is 4.39 Å². The van der Waals surface area contributed by atoms with Crippen molar-refractivity contribution in [1.29, 1.82) is 0 Å². The third-order valence-electron chi connectivity index (χ3n) is 2.94. The summed E-state index contributed by atoms with van der Waals surface area (Å²) in [4.78, 5) is 0. The van der Waals surface area contributed by atoms with Crippen LogP contribution < -0.4 is 10.1 Å². The second-order valence-electron chi connectivity index (χ2n) is 5.23. The molecule has 1 atom stereocenters. The van der Waals surface area contributed by atoms with E-state index in [4.69, 9.17) is 16.3 Å². The van der Waals surface area contributed by atoms with E-state index in [1.54, 1.807) is 12.1 Å². The molecule has 0 aliphatic heterocycles. The summed E-state index contributed by atoms with van der Waals surface area (Å²) >= 11 is 5.87. The van der Waals surface area contributed by atoms with Crippen molar-refractivity contribution in [3.8, 4) is 5.75 Å². The van der Waals surface area contributed by atoms with Gasteiger partial charge in [0, 0.05) is 12.6 Å². The van der Waals surface area contributed by atoms with Crippen LogP contribution in [0.2, 0.25) is 5.02 Å². The Labute approximate surface area is 120 Å². The molecular formula is C15H23ClFNO. The highest BCUT2D eigenvalue weighted by Gasteiger charge is 2.08. The van der Waals surface area contributed by atoms with Gasteiger partial charge in [0.25, 0.3) is 0 Å². The Balaban J connectivity index is 2.24. The lowest BCUT2D eigenvalue weighted by Gasteiger charge is -2.15. The molecule has 4 heteroatoms. The Kier molecular flexibility index (Phi) is 7.17. The van der Waals surface area contributed by atoms with Crippen molar-refractivity contribution in [2.24, 2.45) is 5.92 Å². The van der Waals surface area contributed by atoms with Gasteiger partial charge < -0.3 is 10.1 Å². The predicted octanol–water partition coefficient (Wildman–Crippen LogP) is 4.27. The molecule has 0 spiro atoms. The normalized spacial score (nSPS) is 12.7. The van der Waals surface area contributed by atoms with E-state index >= 15 is 0 Å². The van der Waals surface area contributed by atoms with Crippen LogP contribution in [0.15, 0.2) is 18.2 Å². The number of nitrogens with one attached hydrogen (secondary N) is 1. The largest absolute Gasteiger partial charge is 0.488 e. The monoisotopic (exact) mass is 287 g/mol. The number of rotatable bonds is 8. The van der Waals surface area contributed by atoms with E-state index in [1.807, 2.05) is 0 Å². The zero-order valence-electron chi connectivity index (χ0n) is 11.9. The van der Waals surface area contributed by atoms with Gasteiger partial charge in [0.2, 0.25) is 0 Å².